The van der Waals surface area contributed by atoms with Gasteiger partial charge in [0, 0.05) is 11.6 Å². The number of nitrogens with two attached hydrogens (primary N) is 1. The quantitative estimate of drug-likeness (QED) is 0.674. The van der Waals surface area contributed by atoms with Crippen molar-refractivity contribution in [1.82, 2.24) is 15.2 Å². The molecule has 0 radical (unpaired) electrons. The highest BCUT2D eigenvalue weighted by atomic mass is 35.5. The normalized spacial score (nSPS) is 12.7. The SMILES string of the molecule is CCn1ncc(Cl)c1C(NN)c1ccc(C)c(Cl)c1. The maximum atomic E-state index is 6.21. The van der Waals surface area contributed by atoms with Gasteiger partial charge in [0.1, 0.15) is 0 Å². The average molecular weight is 299 g/mol. The van der Waals surface area contributed by atoms with Crippen LogP contribution in [0, 0.1) is 6.92 Å². The first-order valence-corrected chi connectivity index (χ1v) is 6.77. The number of hydrogen-bond acceptors (Lipinski definition) is 3. The van der Waals surface area contributed by atoms with E-state index in [4.69, 9.17) is 29.0 Å². The smallest absolute Gasteiger partial charge is 0.0894 e. The van der Waals surface area contributed by atoms with Crippen LogP contribution in [-0.4, -0.2) is 9.78 Å². The van der Waals surface area contributed by atoms with Crippen LogP contribution in [0.5, 0.6) is 0 Å². The molecule has 0 aliphatic carbocycles. The molecule has 0 spiro atoms. The van der Waals surface area contributed by atoms with E-state index in [1.54, 1.807) is 6.20 Å². The summed E-state index contributed by atoms with van der Waals surface area (Å²) in [5.74, 6) is 5.68. The second-order valence-electron chi connectivity index (χ2n) is 4.30. The fraction of sp³-hybridized carbons (Fsp3) is 0.308. The number of nitrogens with one attached hydrogen (secondary N) is 1. The molecular weight excluding hydrogens is 283 g/mol. The van der Waals surface area contributed by atoms with Crippen LogP contribution < -0.4 is 11.3 Å². The number of hydrogen-bond donors (Lipinski definition) is 2. The fourth-order valence-corrected chi connectivity index (χ4v) is 2.47. The second kappa shape index (κ2) is 5.92. The van der Waals surface area contributed by atoms with Crippen molar-refractivity contribution in [1.29, 1.82) is 0 Å². The van der Waals surface area contributed by atoms with E-state index in [2.05, 4.69) is 10.5 Å². The number of hydrazine groups is 1. The summed E-state index contributed by atoms with van der Waals surface area (Å²) in [5, 5.41) is 5.51. The molecule has 0 amide bonds. The van der Waals surface area contributed by atoms with Crippen molar-refractivity contribution >= 4 is 23.2 Å². The van der Waals surface area contributed by atoms with Crippen LogP contribution in [0.15, 0.2) is 24.4 Å². The molecule has 1 heterocycles. The standard InChI is InChI=1S/C13H16Cl2N4/c1-3-19-13(11(15)7-17-19)12(18-16)9-5-4-8(2)10(14)6-9/h4-7,12,18H,3,16H2,1-2H3. The summed E-state index contributed by atoms with van der Waals surface area (Å²) in [6.07, 6.45) is 1.63. The Hall–Kier alpha value is -1.07. The van der Waals surface area contributed by atoms with Gasteiger partial charge in [0.2, 0.25) is 0 Å². The second-order valence-corrected chi connectivity index (χ2v) is 5.12. The van der Waals surface area contributed by atoms with Crippen LogP contribution in [0.2, 0.25) is 10.0 Å². The summed E-state index contributed by atoms with van der Waals surface area (Å²) >= 11 is 12.4. The molecule has 0 saturated carbocycles. The molecule has 2 aromatic rings. The van der Waals surface area contributed by atoms with E-state index in [9.17, 15) is 0 Å². The third-order valence-corrected chi connectivity index (χ3v) is 3.80. The minimum atomic E-state index is -0.243. The predicted octanol–water partition coefficient (Wildman–Crippen LogP) is 3.07. The third-order valence-electron chi connectivity index (χ3n) is 3.10. The van der Waals surface area contributed by atoms with E-state index in [0.29, 0.717) is 10.0 Å². The van der Waals surface area contributed by atoms with E-state index in [1.165, 1.54) is 0 Å². The molecule has 2 rings (SSSR count). The zero-order valence-corrected chi connectivity index (χ0v) is 12.3. The van der Waals surface area contributed by atoms with Crippen molar-refractivity contribution in [3.05, 3.63) is 51.3 Å². The molecule has 1 aromatic heterocycles. The number of nitrogens with zero attached hydrogens (tertiary/aromatic N) is 2. The van der Waals surface area contributed by atoms with Gasteiger partial charge >= 0.3 is 0 Å². The molecule has 1 aromatic carbocycles. The molecule has 4 nitrogen and oxygen atoms in total. The van der Waals surface area contributed by atoms with Crippen LogP contribution in [0.1, 0.15) is 29.8 Å². The van der Waals surface area contributed by atoms with Crippen molar-refractivity contribution in [2.75, 3.05) is 0 Å². The minimum Gasteiger partial charge on any atom is -0.271 e. The highest BCUT2D eigenvalue weighted by Crippen LogP contribution is 2.30. The summed E-state index contributed by atoms with van der Waals surface area (Å²) in [6.45, 7) is 4.68. The van der Waals surface area contributed by atoms with Crippen LogP contribution in [0.3, 0.4) is 0 Å². The molecular formula is C13H16Cl2N4. The van der Waals surface area contributed by atoms with Gasteiger partial charge in [-0.15, -0.1) is 0 Å². The highest BCUT2D eigenvalue weighted by Gasteiger charge is 2.21. The van der Waals surface area contributed by atoms with E-state index in [1.807, 2.05) is 36.7 Å². The van der Waals surface area contributed by atoms with Crippen molar-refractivity contribution in [3.63, 3.8) is 0 Å². The predicted molar refractivity (Wildman–Crippen MR) is 78.3 cm³/mol. The Morgan fingerprint density at radius 3 is 2.68 bits per heavy atom. The molecule has 3 N–H and O–H groups in total. The van der Waals surface area contributed by atoms with Gasteiger partial charge in [-0.05, 0) is 31.0 Å². The van der Waals surface area contributed by atoms with Crippen molar-refractivity contribution in [2.24, 2.45) is 5.84 Å². The summed E-state index contributed by atoms with van der Waals surface area (Å²) in [7, 11) is 0. The Morgan fingerprint density at radius 2 is 2.11 bits per heavy atom. The van der Waals surface area contributed by atoms with Gasteiger partial charge in [-0.1, -0.05) is 35.3 Å². The molecule has 6 heteroatoms. The number of aromatic nitrogens is 2. The molecule has 0 aliphatic heterocycles. The van der Waals surface area contributed by atoms with E-state index in [-0.39, 0.29) is 6.04 Å². The summed E-state index contributed by atoms with van der Waals surface area (Å²) in [6, 6.07) is 5.59. The van der Waals surface area contributed by atoms with Crippen LogP contribution >= 0.6 is 23.2 Å². The zero-order valence-electron chi connectivity index (χ0n) is 10.8. The first-order valence-electron chi connectivity index (χ1n) is 6.01. The van der Waals surface area contributed by atoms with Gasteiger partial charge in [0.05, 0.1) is 23.0 Å². The number of benzene rings is 1. The first-order chi connectivity index (χ1) is 9.08. The number of aryl methyl sites for hydroxylation is 2. The van der Waals surface area contributed by atoms with Crippen molar-refractivity contribution in [2.45, 2.75) is 26.4 Å². The molecule has 0 bridgehead atoms. The van der Waals surface area contributed by atoms with Gasteiger partial charge < -0.3 is 0 Å². The van der Waals surface area contributed by atoms with Crippen LogP contribution in [0.4, 0.5) is 0 Å². The number of halogens is 2. The summed E-state index contributed by atoms with van der Waals surface area (Å²) < 4.78 is 1.82. The molecule has 0 aliphatic rings. The van der Waals surface area contributed by atoms with Crippen molar-refractivity contribution < 1.29 is 0 Å². The molecule has 102 valence electrons. The lowest BCUT2D eigenvalue weighted by Gasteiger charge is -2.19. The lowest BCUT2D eigenvalue weighted by Crippen LogP contribution is -2.31. The maximum Gasteiger partial charge on any atom is 0.0894 e. The van der Waals surface area contributed by atoms with Gasteiger partial charge in [0.25, 0.3) is 0 Å². The zero-order chi connectivity index (χ0) is 14.0. The minimum absolute atomic E-state index is 0.243. The highest BCUT2D eigenvalue weighted by molar-refractivity contribution is 6.31. The lowest BCUT2D eigenvalue weighted by molar-refractivity contribution is 0.543. The van der Waals surface area contributed by atoms with Crippen LogP contribution in [-0.2, 0) is 6.54 Å². The largest absolute Gasteiger partial charge is 0.271 e. The lowest BCUT2D eigenvalue weighted by atomic mass is 10.0. The fourth-order valence-electron chi connectivity index (χ4n) is 2.03. The molecule has 0 fully saturated rings. The van der Waals surface area contributed by atoms with E-state index < -0.39 is 0 Å². The Kier molecular flexibility index (Phi) is 4.47. The van der Waals surface area contributed by atoms with Gasteiger partial charge in [-0.3, -0.25) is 10.5 Å². The van der Waals surface area contributed by atoms with Gasteiger partial charge in [-0.2, -0.15) is 5.10 Å². The molecule has 1 unspecified atom stereocenters. The molecule has 1 atom stereocenters. The van der Waals surface area contributed by atoms with E-state index >= 15 is 0 Å². The Morgan fingerprint density at radius 1 is 1.37 bits per heavy atom. The third kappa shape index (κ3) is 2.77. The first kappa shape index (κ1) is 14.3. The summed E-state index contributed by atoms with van der Waals surface area (Å²) in [4.78, 5) is 0. The topological polar surface area (TPSA) is 55.9 Å². The monoisotopic (exact) mass is 298 g/mol. The average Bonchev–Trinajstić information content (AvgIpc) is 2.76. The Bertz CT molecular complexity index is 580. The maximum absolute atomic E-state index is 6.21. The van der Waals surface area contributed by atoms with Gasteiger partial charge in [-0.25, -0.2) is 5.43 Å². The van der Waals surface area contributed by atoms with Crippen LogP contribution in [0.25, 0.3) is 0 Å². The van der Waals surface area contributed by atoms with E-state index in [0.717, 1.165) is 23.4 Å². The molecule has 19 heavy (non-hydrogen) atoms. The van der Waals surface area contributed by atoms with Crippen molar-refractivity contribution in [3.8, 4) is 0 Å². The molecule has 0 saturated heterocycles. The van der Waals surface area contributed by atoms with Gasteiger partial charge in [0.15, 0.2) is 0 Å². The Balaban J connectivity index is 2.49. The summed E-state index contributed by atoms with van der Waals surface area (Å²) in [5.41, 5.74) is 5.60. The number of rotatable bonds is 4. The Labute approximate surface area is 122 Å².